The van der Waals surface area contributed by atoms with Crippen molar-refractivity contribution in [3.05, 3.63) is 0 Å². The van der Waals surface area contributed by atoms with Crippen LogP contribution in [0, 0.1) is 5.92 Å². The number of rotatable bonds is 4. The van der Waals surface area contributed by atoms with Crippen molar-refractivity contribution in [2.24, 2.45) is 5.92 Å². The zero-order valence-corrected chi connectivity index (χ0v) is 7.27. The summed E-state index contributed by atoms with van der Waals surface area (Å²) >= 11 is 0. The van der Waals surface area contributed by atoms with Crippen LogP contribution in [-0.2, 0) is 4.79 Å². The molecule has 10 heavy (non-hydrogen) atoms. The normalized spacial score (nSPS) is 13.7. The molecule has 0 saturated heterocycles. The third-order valence-electron chi connectivity index (χ3n) is 1.53. The first-order chi connectivity index (χ1) is 4.59. The van der Waals surface area contributed by atoms with Crippen LogP contribution in [0.3, 0.4) is 0 Å². The van der Waals surface area contributed by atoms with Crippen molar-refractivity contribution in [2.75, 3.05) is 6.54 Å². The van der Waals surface area contributed by atoms with Gasteiger partial charge in [0.25, 0.3) is 0 Å². The second-order valence-electron chi connectivity index (χ2n) is 2.89. The molecule has 0 amide bonds. The number of likely N-dealkylation sites (N-methyl/N-ethyl adjacent to an activating group) is 1. The van der Waals surface area contributed by atoms with Gasteiger partial charge in [0.1, 0.15) is 5.78 Å². The van der Waals surface area contributed by atoms with E-state index in [4.69, 9.17) is 0 Å². The molecule has 0 aliphatic rings. The van der Waals surface area contributed by atoms with E-state index in [1.54, 1.807) is 6.92 Å². The summed E-state index contributed by atoms with van der Waals surface area (Å²) in [5.74, 6) is 0.634. The second-order valence-corrected chi connectivity index (χ2v) is 2.89. The Hall–Kier alpha value is -0.370. The molecule has 0 aromatic rings. The van der Waals surface area contributed by atoms with E-state index in [2.05, 4.69) is 19.2 Å². The number of carbonyl (C=O) groups excluding carboxylic acids is 1. The van der Waals surface area contributed by atoms with Gasteiger partial charge < -0.3 is 5.32 Å². The molecule has 0 saturated carbocycles. The van der Waals surface area contributed by atoms with E-state index in [-0.39, 0.29) is 11.8 Å². The molecule has 0 heterocycles. The Bertz CT molecular complexity index is 110. The quantitative estimate of drug-likeness (QED) is 0.641. The van der Waals surface area contributed by atoms with E-state index in [0.717, 1.165) is 6.54 Å². The Morgan fingerprint density at radius 2 is 2.00 bits per heavy atom. The first-order valence-electron chi connectivity index (χ1n) is 3.83. The average molecular weight is 143 g/mol. The van der Waals surface area contributed by atoms with Crippen LogP contribution in [0.1, 0.15) is 27.7 Å². The van der Waals surface area contributed by atoms with Gasteiger partial charge in [0.2, 0.25) is 0 Å². The summed E-state index contributed by atoms with van der Waals surface area (Å²) in [6.07, 6.45) is 0. The number of ketones is 1. The fraction of sp³-hybridized carbons (Fsp3) is 0.875. The predicted octanol–water partition coefficient (Wildman–Crippen LogP) is 1.21. The third kappa shape index (κ3) is 2.97. The molecule has 0 aliphatic carbocycles. The van der Waals surface area contributed by atoms with E-state index in [1.807, 2.05) is 6.92 Å². The highest BCUT2D eigenvalue weighted by atomic mass is 16.1. The lowest BCUT2D eigenvalue weighted by molar-refractivity contribution is -0.119. The fourth-order valence-corrected chi connectivity index (χ4v) is 1.07. The van der Waals surface area contributed by atoms with E-state index in [1.165, 1.54) is 0 Å². The maximum absolute atomic E-state index is 10.9. The average Bonchev–Trinajstić information content (AvgIpc) is 1.81. The van der Waals surface area contributed by atoms with Gasteiger partial charge in [-0.3, -0.25) is 4.79 Å². The van der Waals surface area contributed by atoms with Crippen LogP contribution in [0.2, 0.25) is 0 Å². The van der Waals surface area contributed by atoms with Crippen LogP contribution in [-0.4, -0.2) is 18.4 Å². The van der Waals surface area contributed by atoms with Crippen molar-refractivity contribution in [1.29, 1.82) is 0 Å². The Labute approximate surface area is 63.0 Å². The highest BCUT2D eigenvalue weighted by molar-refractivity contribution is 5.81. The van der Waals surface area contributed by atoms with Crippen molar-refractivity contribution in [3.63, 3.8) is 0 Å². The lowest BCUT2D eigenvalue weighted by Crippen LogP contribution is -2.39. The van der Waals surface area contributed by atoms with Gasteiger partial charge in [-0.2, -0.15) is 0 Å². The second kappa shape index (κ2) is 4.45. The molecule has 0 aromatic carbocycles. The maximum atomic E-state index is 10.9. The molecule has 0 rings (SSSR count). The third-order valence-corrected chi connectivity index (χ3v) is 1.53. The molecule has 0 unspecified atom stereocenters. The maximum Gasteiger partial charge on any atom is 0.146 e. The summed E-state index contributed by atoms with van der Waals surface area (Å²) in [7, 11) is 0. The minimum absolute atomic E-state index is 0.0463. The molecule has 0 radical (unpaired) electrons. The molecule has 0 aromatic heterocycles. The zero-order valence-electron chi connectivity index (χ0n) is 7.27. The fourth-order valence-electron chi connectivity index (χ4n) is 1.07. The highest BCUT2D eigenvalue weighted by Crippen LogP contribution is 2.01. The molecule has 1 atom stereocenters. The Kier molecular flexibility index (Phi) is 4.28. The smallest absolute Gasteiger partial charge is 0.146 e. The van der Waals surface area contributed by atoms with Gasteiger partial charge in [0.15, 0.2) is 0 Å². The van der Waals surface area contributed by atoms with Crippen molar-refractivity contribution in [3.8, 4) is 0 Å². The first kappa shape index (κ1) is 9.63. The van der Waals surface area contributed by atoms with E-state index in [0.29, 0.717) is 5.92 Å². The molecular formula is C8H17NO. The van der Waals surface area contributed by atoms with Gasteiger partial charge in [0.05, 0.1) is 6.04 Å². The number of carbonyl (C=O) groups is 1. The number of Topliss-reactive ketones (excluding diaryl/α,β-unsaturated/α-hetero) is 1. The minimum atomic E-state index is 0.0463. The van der Waals surface area contributed by atoms with Crippen LogP contribution in [0.25, 0.3) is 0 Å². The Morgan fingerprint density at radius 3 is 2.10 bits per heavy atom. The van der Waals surface area contributed by atoms with Gasteiger partial charge >= 0.3 is 0 Å². The topological polar surface area (TPSA) is 29.1 Å². The molecule has 2 nitrogen and oxygen atoms in total. The number of nitrogens with one attached hydrogen (secondary N) is 1. The summed E-state index contributed by atoms with van der Waals surface area (Å²) in [4.78, 5) is 10.9. The predicted molar refractivity (Wildman–Crippen MR) is 43.0 cm³/mol. The van der Waals surface area contributed by atoms with E-state index >= 15 is 0 Å². The minimum Gasteiger partial charge on any atom is -0.308 e. The molecule has 60 valence electrons. The van der Waals surface area contributed by atoms with Crippen molar-refractivity contribution in [2.45, 2.75) is 33.7 Å². The summed E-state index contributed by atoms with van der Waals surface area (Å²) in [5.41, 5.74) is 0. The van der Waals surface area contributed by atoms with Crippen LogP contribution in [0.4, 0.5) is 0 Å². The van der Waals surface area contributed by atoms with E-state index < -0.39 is 0 Å². The van der Waals surface area contributed by atoms with E-state index in [9.17, 15) is 4.79 Å². The Balaban J connectivity index is 3.85. The molecule has 2 heteroatoms. The number of hydrogen-bond acceptors (Lipinski definition) is 2. The van der Waals surface area contributed by atoms with Crippen LogP contribution >= 0.6 is 0 Å². The largest absolute Gasteiger partial charge is 0.308 e. The number of hydrogen-bond donors (Lipinski definition) is 1. The van der Waals surface area contributed by atoms with Gasteiger partial charge in [-0.05, 0) is 19.4 Å². The molecule has 0 aliphatic heterocycles. The highest BCUT2D eigenvalue weighted by Gasteiger charge is 2.15. The summed E-state index contributed by atoms with van der Waals surface area (Å²) < 4.78 is 0. The molecule has 1 N–H and O–H groups in total. The van der Waals surface area contributed by atoms with Crippen molar-refractivity contribution < 1.29 is 4.79 Å². The summed E-state index contributed by atoms with van der Waals surface area (Å²) in [6.45, 7) is 8.61. The summed E-state index contributed by atoms with van der Waals surface area (Å²) in [5, 5.41) is 3.13. The van der Waals surface area contributed by atoms with Gasteiger partial charge in [-0.15, -0.1) is 0 Å². The lowest BCUT2D eigenvalue weighted by atomic mass is 10.0. The van der Waals surface area contributed by atoms with Crippen LogP contribution in [0.15, 0.2) is 0 Å². The van der Waals surface area contributed by atoms with Gasteiger partial charge in [0, 0.05) is 0 Å². The monoisotopic (exact) mass is 143 g/mol. The van der Waals surface area contributed by atoms with Gasteiger partial charge in [-0.1, -0.05) is 20.8 Å². The summed E-state index contributed by atoms with van der Waals surface area (Å²) in [6, 6.07) is 0.0463. The molecule has 0 spiro atoms. The van der Waals surface area contributed by atoms with Crippen molar-refractivity contribution >= 4 is 5.78 Å². The molecule has 0 bridgehead atoms. The van der Waals surface area contributed by atoms with Gasteiger partial charge in [-0.25, -0.2) is 0 Å². The van der Waals surface area contributed by atoms with Crippen LogP contribution in [0.5, 0.6) is 0 Å². The van der Waals surface area contributed by atoms with Crippen molar-refractivity contribution in [1.82, 2.24) is 5.32 Å². The van der Waals surface area contributed by atoms with Crippen LogP contribution < -0.4 is 5.32 Å². The lowest BCUT2D eigenvalue weighted by Gasteiger charge is -2.17. The molecular weight excluding hydrogens is 126 g/mol. The Morgan fingerprint density at radius 1 is 1.50 bits per heavy atom. The molecule has 0 fully saturated rings. The standard InChI is InChI=1S/C8H17NO/c1-5-9-8(6(2)3)7(4)10/h6,8-9H,5H2,1-4H3/t8-/m0/s1. The first-order valence-corrected chi connectivity index (χ1v) is 3.83. The zero-order chi connectivity index (χ0) is 8.15. The SMILES string of the molecule is CCN[C@H](C(C)=O)C(C)C.